The van der Waals surface area contributed by atoms with Crippen molar-refractivity contribution in [1.82, 2.24) is 15.0 Å². The van der Waals surface area contributed by atoms with E-state index in [0.717, 1.165) is 11.3 Å². The minimum atomic E-state index is 0.0843. The summed E-state index contributed by atoms with van der Waals surface area (Å²) in [6.07, 6.45) is 1.95. The summed E-state index contributed by atoms with van der Waals surface area (Å²) < 4.78 is 1.61. The molecule has 0 N–H and O–H groups in total. The van der Waals surface area contributed by atoms with Gasteiger partial charge in [0.15, 0.2) is 5.78 Å². The highest BCUT2D eigenvalue weighted by Gasteiger charge is 2.09. The van der Waals surface area contributed by atoms with Gasteiger partial charge in [-0.1, -0.05) is 35.5 Å². The molecule has 4 nitrogen and oxygen atoms in total. The van der Waals surface area contributed by atoms with E-state index in [9.17, 15) is 4.79 Å². The molecule has 0 aliphatic heterocycles. The second-order valence-corrected chi connectivity index (χ2v) is 3.31. The molecular formula is C11H11N3O. The molecule has 4 heteroatoms. The van der Waals surface area contributed by atoms with Crippen LogP contribution in [-0.4, -0.2) is 20.8 Å². The normalized spacial score (nSPS) is 10.2. The van der Waals surface area contributed by atoms with E-state index in [-0.39, 0.29) is 5.78 Å². The zero-order valence-electron chi connectivity index (χ0n) is 8.42. The summed E-state index contributed by atoms with van der Waals surface area (Å²) in [5.41, 5.74) is 1.54. The molecule has 2 aromatic rings. The molecule has 0 bridgehead atoms. The predicted octanol–water partition coefficient (Wildman–Crippen LogP) is 1.24. The molecule has 0 aliphatic carbocycles. The standard InChI is InChI=1S/C11H11N3O/c1-14-10(8-12-13-14)7-11(15)9-5-3-2-4-6-9/h2-6,8H,7H2,1H3. The zero-order chi connectivity index (χ0) is 10.7. The number of nitrogens with zero attached hydrogens (tertiary/aromatic N) is 3. The lowest BCUT2D eigenvalue weighted by atomic mass is 10.1. The molecule has 0 aliphatic rings. The first-order valence-electron chi connectivity index (χ1n) is 4.69. The van der Waals surface area contributed by atoms with Crippen LogP contribution in [0.5, 0.6) is 0 Å². The molecule has 0 fully saturated rings. The van der Waals surface area contributed by atoms with Crippen LogP contribution in [-0.2, 0) is 13.5 Å². The summed E-state index contributed by atoms with van der Waals surface area (Å²) in [4.78, 5) is 11.8. The Morgan fingerprint density at radius 3 is 2.67 bits per heavy atom. The second kappa shape index (κ2) is 4.04. The van der Waals surface area contributed by atoms with E-state index in [1.807, 2.05) is 30.3 Å². The summed E-state index contributed by atoms with van der Waals surface area (Å²) in [6.45, 7) is 0. The minimum absolute atomic E-state index is 0.0843. The van der Waals surface area contributed by atoms with E-state index in [1.54, 1.807) is 17.9 Å². The third-order valence-electron chi connectivity index (χ3n) is 2.25. The smallest absolute Gasteiger partial charge is 0.168 e. The third-order valence-corrected chi connectivity index (χ3v) is 2.25. The number of ketones is 1. The molecule has 1 heterocycles. The third kappa shape index (κ3) is 2.10. The van der Waals surface area contributed by atoms with Gasteiger partial charge in [-0.3, -0.25) is 9.48 Å². The zero-order valence-corrected chi connectivity index (χ0v) is 8.42. The van der Waals surface area contributed by atoms with Crippen molar-refractivity contribution in [2.45, 2.75) is 6.42 Å². The molecule has 0 spiro atoms. The molecule has 76 valence electrons. The first-order chi connectivity index (χ1) is 7.27. The second-order valence-electron chi connectivity index (χ2n) is 3.31. The van der Waals surface area contributed by atoms with Gasteiger partial charge in [-0.05, 0) is 0 Å². The monoisotopic (exact) mass is 201 g/mol. The topological polar surface area (TPSA) is 47.8 Å². The maximum absolute atomic E-state index is 11.8. The Kier molecular flexibility index (Phi) is 2.58. The lowest BCUT2D eigenvalue weighted by Crippen LogP contribution is -2.07. The average molecular weight is 201 g/mol. The van der Waals surface area contributed by atoms with Crippen LogP contribution >= 0.6 is 0 Å². The Morgan fingerprint density at radius 1 is 1.33 bits per heavy atom. The number of hydrogen-bond acceptors (Lipinski definition) is 3. The van der Waals surface area contributed by atoms with Gasteiger partial charge in [0.05, 0.1) is 18.3 Å². The van der Waals surface area contributed by atoms with Gasteiger partial charge < -0.3 is 0 Å². The fraction of sp³-hybridized carbons (Fsp3) is 0.182. The van der Waals surface area contributed by atoms with Crippen LogP contribution in [0.1, 0.15) is 16.1 Å². The van der Waals surface area contributed by atoms with Gasteiger partial charge in [0.1, 0.15) is 0 Å². The van der Waals surface area contributed by atoms with Crippen LogP contribution in [0.2, 0.25) is 0 Å². The number of benzene rings is 1. The summed E-state index contributed by atoms with van der Waals surface area (Å²) in [5, 5.41) is 7.51. The van der Waals surface area contributed by atoms with Gasteiger partial charge in [0.2, 0.25) is 0 Å². The first-order valence-corrected chi connectivity index (χ1v) is 4.69. The van der Waals surface area contributed by atoms with E-state index in [4.69, 9.17) is 0 Å². The molecule has 0 radical (unpaired) electrons. The number of aryl methyl sites for hydroxylation is 1. The number of Topliss-reactive ketones (excluding diaryl/α,β-unsaturated/α-hetero) is 1. The molecule has 1 aromatic carbocycles. The van der Waals surface area contributed by atoms with Gasteiger partial charge >= 0.3 is 0 Å². The highest BCUT2D eigenvalue weighted by Crippen LogP contribution is 2.05. The van der Waals surface area contributed by atoms with Crippen molar-refractivity contribution in [3.63, 3.8) is 0 Å². The maximum atomic E-state index is 11.8. The van der Waals surface area contributed by atoms with E-state index in [0.29, 0.717) is 6.42 Å². The Labute approximate surface area is 87.5 Å². The fourth-order valence-corrected chi connectivity index (χ4v) is 1.36. The Balaban J connectivity index is 2.15. The number of rotatable bonds is 3. The fourth-order valence-electron chi connectivity index (χ4n) is 1.36. The minimum Gasteiger partial charge on any atom is -0.294 e. The van der Waals surface area contributed by atoms with Crippen molar-refractivity contribution in [1.29, 1.82) is 0 Å². The molecule has 0 atom stereocenters. The maximum Gasteiger partial charge on any atom is 0.168 e. The van der Waals surface area contributed by atoms with Crippen LogP contribution in [0.25, 0.3) is 0 Å². The molecule has 15 heavy (non-hydrogen) atoms. The molecular weight excluding hydrogens is 190 g/mol. The van der Waals surface area contributed by atoms with Crippen LogP contribution in [0.15, 0.2) is 36.5 Å². The number of hydrogen-bond donors (Lipinski definition) is 0. The van der Waals surface area contributed by atoms with Gasteiger partial charge in [0, 0.05) is 12.6 Å². The van der Waals surface area contributed by atoms with Gasteiger partial charge in [0.25, 0.3) is 0 Å². The van der Waals surface area contributed by atoms with Crippen molar-refractivity contribution >= 4 is 5.78 Å². The predicted molar refractivity (Wildman–Crippen MR) is 55.5 cm³/mol. The lowest BCUT2D eigenvalue weighted by molar-refractivity contribution is 0.0991. The first kappa shape index (κ1) is 9.58. The summed E-state index contributed by atoms with van der Waals surface area (Å²) >= 11 is 0. The van der Waals surface area contributed by atoms with E-state index in [1.165, 1.54) is 0 Å². The van der Waals surface area contributed by atoms with Crippen LogP contribution in [0, 0.1) is 0 Å². The highest BCUT2D eigenvalue weighted by atomic mass is 16.1. The summed E-state index contributed by atoms with van der Waals surface area (Å²) in [7, 11) is 1.78. The van der Waals surface area contributed by atoms with Crippen LogP contribution in [0.4, 0.5) is 0 Å². The Bertz CT molecular complexity index is 462. The quantitative estimate of drug-likeness (QED) is 0.702. The van der Waals surface area contributed by atoms with E-state index >= 15 is 0 Å². The van der Waals surface area contributed by atoms with Crippen molar-refractivity contribution in [2.24, 2.45) is 7.05 Å². The molecule has 0 unspecified atom stereocenters. The molecule has 1 aromatic heterocycles. The van der Waals surface area contributed by atoms with Gasteiger partial charge in [-0.25, -0.2) is 0 Å². The summed E-state index contributed by atoms with van der Waals surface area (Å²) in [5.74, 6) is 0.0843. The van der Waals surface area contributed by atoms with E-state index < -0.39 is 0 Å². The van der Waals surface area contributed by atoms with Crippen molar-refractivity contribution in [3.8, 4) is 0 Å². The van der Waals surface area contributed by atoms with Crippen molar-refractivity contribution in [3.05, 3.63) is 47.8 Å². The molecule has 0 saturated carbocycles. The average Bonchev–Trinajstić information content (AvgIpc) is 2.66. The lowest BCUT2D eigenvalue weighted by Gasteiger charge is -2.00. The number of aromatic nitrogens is 3. The molecule has 0 saturated heterocycles. The van der Waals surface area contributed by atoms with Gasteiger partial charge in [-0.2, -0.15) is 0 Å². The highest BCUT2D eigenvalue weighted by molar-refractivity contribution is 5.97. The Hall–Kier alpha value is -1.97. The van der Waals surface area contributed by atoms with Crippen LogP contribution < -0.4 is 0 Å². The SMILES string of the molecule is Cn1nncc1CC(=O)c1ccccc1. The Morgan fingerprint density at radius 2 is 2.07 bits per heavy atom. The summed E-state index contributed by atoms with van der Waals surface area (Å²) in [6, 6.07) is 9.23. The largest absolute Gasteiger partial charge is 0.294 e. The van der Waals surface area contributed by atoms with Gasteiger partial charge in [-0.15, -0.1) is 5.10 Å². The van der Waals surface area contributed by atoms with Crippen molar-refractivity contribution in [2.75, 3.05) is 0 Å². The van der Waals surface area contributed by atoms with Crippen molar-refractivity contribution < 1.29 is 4.79 Å². The number of carbonyl (C=O) groups is 1. The van der Waals surface area contributed by atoms with Crippen LogP contribution in [0.3, 0.4) is 0 Å². The van der Waals surface area contributed by atoms with E-state index in [2.05, 4.69) is 10.3 Å². The molecule has 2 rings (SSSR count). The molecule has 0 amide bonds. The number of carbonyl (C=O) groups excluding carboxylic acids is 1.